The van der Waals surface area contributed by atoms with Crippen LogP contribution in [0.15, 0.2) is 48.5 Å². The zero-order chi connectivity index (χ0) is 19.4. The zero-order valence-electron chi connectivity index (χ0n) is 16.2. The molecule has 5 nitrogen and oxygen atoms in total. The molecule has 1 fully saturated rings. The Balaban J connectivity index is 1.63. The third-order valence-corrected chi connectivity index (χ3v) is 4.96. The number of amides is 3. The van der Waals surface area contributed by atoms with Crippen molar-refractivity contribution in [2.75, 3.05) is 17.2 Å². The molecule has 0 aliphatic carbocycles. The first-order chi connectivity index (χ1) is 12.9. The molecule has 1 unspecified atom stereocenters. The van der Waals surface area contributed by atoms with Gasteiger partial charge < -0.3 is 15.5 Å². The molecule has 2 aromatic rings. The fourth-order valence-corrected chi connectivity index (χ4v) is 3.29. The molecule has 1 aliphatic rings. The maximum atomic E-state index is 12.7. The van der Waals surface area contributed by atoms with Crippen molar-refractivity contribution < 1.29 is 9.59 Å². The molecule has 142 valence electrons. The topological polar surface area (TPSA) is 61.4 Å². The number of anilines is 2. The first kappa shape index (κ1) is 19.0. The molecular weight excluding hydrogens is 338 g/mol. The second-order valence-electron chi connectivity index (χ2n) is 7.41. The Morgan fingerprint density at radius 3 is 2.19 bits per heavy atom. The van der Waals surface area contributed by atoms with E-state index in [4.69, 9.17) is 0 Å². The predicted molar refractivity (Wildman–Crippen MR) is 109 cm³/mol. The largest absolute Gasteiger partial charge is 0.324 e. The van der Waals surface area contributed by atoms with Gasteiger partial charge in [-0.05, 0) is 55.5 Å². The Kier molecular flexibility index (Phi) is 5.79. The van der Waals surface area contributed by atoms with Crippen LogP contribution in [0.2, 0.25) is 0 Å². The first-order valence-electron chi connectivity index (χ1n) is 9.49. The number of aryl methyl sites for hydroxylation is 1. The van der Waals surface area contributed by atoms with Gasteiger partial charge in [-0.2, -0.15) is 0 Å². The molecule has 3 rings (SSSR count). The van der Waals surface area contributed by atoms with Gasteiger partial charge in [-0.15, -0.1) is 0 Å². The summed E-state index contributed by atoms with van der Waals surface area (Å²) < 4.78 is 0. The van der Waals surface area contributed by atoms with E-state index >= 15 is 0 Å². The molecule has 5 heteroatoms. The lowest BCUT2D eigenvalue weighted by atomic mass is 10.0. The van der Waals surface area contributed by atoms with E-state index in [2.05, 4.69) is 24.5 Å². The summed E-state index contributed by atoms with van der Waals surface area (Å²) in [6, 6.07) is 14.8. The summed E-state index contributed by atoms with van der Waals surface area (Å²) in [6.45, 7) is 6.86. The number of hydrogen-bond donors (Lipinski definition) is 2. The van der Waals surface area contributed by atoms with Crippen molar-refractivity contribution in [1.82, 2.24) is 4.90 Å². The molecule has 1 atom stereocenters. The average Bonchev–Trinajstić information content (AvgIpc) is 3.14. The molecular formula is C22H27N3O2. The van der Waals surface area contributed by atoms with E-state index in [0.717, 1.165) is 23.4 Å². The molecule has 0 bridgehead atoms. The Bertz CT molecular complexity index is 797. The van der Waals surface area contributed by atoms with Gasteiger partial charge in [0.2, 0.25) is 5.91 Å². The van der Waals surface area contributed by atoms with Crippen LogP contribution in [0.5, 0.6) is 0 Å². The summed E-state index contributed by atoms with van der Waals surface area (Å²) in [5.41, 5.74) is 3.86. The van der Waals surface area contributed by atoms with Gasteiger partial charge >= 0.3 is 6.03 Å². The number of nitrogens with zero attached hydrogens (tertiary/aromatic N) is 1. The van der Waals surface area contributed by atoms with Crippen LogP contribution in [0.3, 0.4) is 0 Å². The van der Waals surface area contributed by atoms with Crippen molar-refractivity contribution in [1.29, 1.82) is 0 Å². The summed E-state index contributed by atoms with van der Waals surface area (Å²) >= 11 is 0. The number of hydrogen-bond acceptors (Lipinski definition) is 2. The number of urea groups is 1. The summed E-state index contributed by atoms with van der Waals surface area (Å²) in [7, 11) is 0. The van der Waals surface area contributed by atoms with Crippen LogP contribution in [0.1, 0.15) is 43.7 Å². The maximum Gasteiger partial charge on any atom is 0.322 e. The monoisotopic (exact) mass is 365 g/mol. The van der Waals surface area contributed by atoms with Crippen molar-refractivity contribution in [3.8, 4) is 0 Å². The molecule has 0 aromatic heterocycles. The maximum absolute atomic E-state index is 12.7. The molecule has 0 saturated carbocycles. The van der Waals surface area contributed by atoms with Crippen LogP contribution < -0.4 is 10.6 Å². The number of nitrogens with one attached hydrogen (secondary N) is 2. The standard InChI is InChI=1S/C22H27N3O2/c1-15(2)17-8-12-18(13-9-17)23-21(26)20-5-4-14-25(20)22(27)24-19-10-6-16(3)7-11-19/h6-13,15,20H,4-5,14H2,1-3H3,(H,23,26)(H,24,27). The highest BCUT2D eigenvalue weighted by Crippen LogP contribution is 2.22. The number of benzene rings is 2. The summed E-state index contributed by atoms with van der Waals surface area (Å²) in [5.74, 6) is 0.314. The summed E-state index contributed by atoms with van der Waals surface area (Å²) in [6.07, 6.45) is 1.50. The van der Waals surface area contributed by atoms with Crippen molar-refractivity contribution in [3.05, 3.63) is 59.7 Å². The lowest BCUT2D eigenvalue weighted by molar-refractivity contribution is -0.119. The quantitative estimate of drug-likeness (QED) is 0.821. The van der Waals surface area contributed by atoms with E-state index in [0.29, 0.717) is 18.9 Å². The third kappa shape index (κ3) is 4.67. The SMILES string of the molecule is Cc1ccc(NC(=O)N2CCCC2C(=O)Nc2ccc(C(C)C)cc2)cc1. The van der Waals surface area contributed by atoms with Gasteiger partial charge in [-0.1, -0.05) is 43.7 Å². The Hall–Kier alpha value is -2.82. The molecule has 27 heavy (non-hydrogen) atoms. The highest BCUT2D eigenvalue weighted by molar-refractivity contribution is 5.99. The number of carbonyl (C=O) groups excluding carboxylic acids is 2. The van der Waals surface area contributed by atoms with E-state index in [1.165, 1.54) is 5.56 Å². The molecule has 0 spiro atoms. The molecule has 2 N–H and O–H groups in total. The van der Waals surface area contributed by atoms with E-state index in [9.17, 15) is 9.59 Å². The molecule has 1 saturated heterocycles. The van der Waals surface area contributed by atoms with E-state index in [-0.39, 0.29) is 11.9 Å². The van der Waals surface area contributed by atoms with Gasteiger partial charge in [0.25, 0.3) is 0 Å². The average molecular weight is 365 g/mol. The van der Waals surface area contributed by atoms with Crippen LogP contribution in [-0.4, -0.2) is 29.4 Å². The van der Waals surface area contributed by atoms with Gasteiger partial charge in [0.1, 0.15) is 6.04 Å². The molecule has 1 heterocycles. The molecule has 1 aliphatic heterocycles. The van der Waals surface area contributed by atoms with Gasteiger partial charge in [0.15, 0.2) is 0 Å². The second kappa shape index (κ2) is 8.25. The Labute approximate surface area is 160 Å². The van der Waals surface area contributed by atoms with Gasteiger partial charge in [0.05, 0.1) is 0 Å². The fraction of sp³-hybridized carbons (Fsp3) is 0.364. The van der Waals surface area contributed by atoms with Crippen LogP contribution in [0, 0.1) is 6.92 Å². The summed E-state index contributed by atoms with van der Waals surface area (Å²) in [5, 5.41) is 5.83. The zero-order valence-corrected chi connectivity index (χ0v) is 16.2. The minimum Gasteiger partial charge on any atom is -0.324 e. The molecule has 2 aromatic carbocycles. The number of carbonyl (C=O) groups is 2. The van der Waals surface area contributed by atoms with Gasteiger partial charge in [0, 0.05) is 17.9 Å². The van der Waals surface area contributed by atoms with Crippen molar-refractivity contribution >= 4 is 23.3 Å². The third-order valence-electron chi connectivity index (χ3n) is 4.96. The fourth-order valence-electron chi connectivity index (χ4n) is 3.29. The normalized spacial score (nSPS) is 16.4. The minimum atomic E-state index is -0.444. The van der Waals surface area contributed by atoms with Crippen LogP contribution >= 0.6 is 0 Å². The smallest absolute Gasteiger partial charge is 0.322 e. The number of likely N-dealkylation sites (tertiary alicyclic amines) is 1. The van der Waals surface area contributed by atoms with Crippen molar-refractivity contribution in [2.45, 2.75) is 45.6 Å². The highest BCUT2D eigenvalue weighted by Gasteiger charge is 2.34. The van der Waals surface area contributed by atoms with E-state index < -0.39 is 6.04 Å². The van der Waals surface area contributed by atoms with E-state index in [1.807, 2.05) is 55.5 Å². The van der Waals surface area contributed by atoms with Crippen LogP contribution in [-0.2, 0) is 4.79 Å². The second-order valence-corrected chi connectivity index (χ2v) is 7.41. The van der Waals surface area contributed by atoms with Crippen molar-refractivity contribution in [2.24, 2.45) is 0 Å². The molecule has 3 amide bonds. The number of rotatable bonds is 4. The van der Waals surface area contributed by atoms with Gasteiger partial charge in [-0.25, -0.2) is 4.79 Å². The lowest BCUT2D eigenvalue weighted by Gasteiger charge is -2.24. The molecule has 0 radical (unpaired) electrons. The lowest BCUT2D eigenvalue weighted by Crippen LogP contribution is -2.45. The predicted octanol–water partition coefficient (Wildman–Crippen LogP) is 4.75. The van der Waals surface area contributed by atoms with E-state index in [1.54, 1.807) is 4.90 Å². The van der Waals surface area contributed by atoms with Crippen molar-refractivity contribution in [3.63, 3.8) is 0 Å². The van der Waals surface area contributed by atoms with Crippen LogP contribution in [0.4, 0.5) is 16.2 Å². The minimum absolute atomic E-state index is 0.135. The summed E-state index contributed by atoms with van der Waals surface area (Å²) in [4.78, 5) is 27.0. The Morgan fingerprint density at radius 2 is 1.56 bits per heavy atom. The first-order valence-corrected chi connectivity index (χ1v) is 9.49. The highest BCUT2D eigenvalue weighted by atomic mass is 16.2. The van der Waals surface area contributed by atoms with Crippen LogP contribution in [0.25, 0.3) is 0 Å². The Morgan fingerprint density at radius 1 is 0.963 bits per heavy atom. The van der Waals surface area contributed by atoms with Gasteiger partial charge in [-0.3, -0.25) is 4.79 Å².